The van der Waals surface area contributed by atoms with E-state index in [1.807, 2.05) is 0 Å². The molecule has 0 spiro atoms. The van der Waals surface area contributed by atoms with Gasteiger partial charge in [0.2, 0.25) is 11.8 Å². The molecule has 0 aliphatic carbocycles. The van der Waals surface area contributed by atoms with Gasteiger partial charge in [0, 0.05) is 31.8 Å². The fraction of sp³-hybridized carbons (Fsp3) is 0.385. The number of primary amides is 1. The number of likely N-dealkylation sites (N-methyl/N-ethyl adjacent to an activating group) is 2. The standard InChI is InChI=1S/C13H18N4O4S.ClH/c1-15-5-6-16(2)12(18)8-22-11-4-3-9(13(14)19)7-10(11)17(20)21;/h3-4,7,15H,5-6,8H2,1-2H3,(H2,14,19);1H. The Kier molecular flexibility index (Phi) is 9.23. The highest BCUT2D eigenvalue weighted by Gasteiger charge is 2.18. The molecule has 0 aliphatic heterocycles. The molecule has 0 aromatic heterocycles. The van der Waals surface area contributed by atoms with Crippen LogP contribution < -0.4 is 11.1 Å². The summed E-state index contributed by atoms with van der Waals surface area (Å²) in [5.41, 5.74) is 4.94. The Hall–Kier alpha value is -1.84. The van der Waals surface area contributed by atoms with Crippen LogP contribution in [0.15, 0.2) is 23.1 Å². The van der Waals surface area contributed by atoms with Crippen molar-refractivity contribution in [2.24, 2.45) is 5.73 Å². The lowest BCUT2D eigenvalue weighted by molar-refractivity contribution is -0.387. The number of nitrogens with zero attached hydrogens (tertiary/aromatic N) is 2. The number of nitrogens with one attached hydrogen (secondary N) is 1. The zero-order chi connectivity index (χ0) is 16.7. The number of thioether (sulfide) groups is 1. The second kappa shape index (κ2) is 10.0. The lowest BCUT2D eigenvalue weighted by Crippen LogP contribution is -2.33. The van der Waals surface area contributed by atoms with Gasteiger partial charge in [0.15, 0.2) is 0 Å². The molecule has 1 aromatic rings. The third kappa shape index (κ3) is 6.43. The molecule has 0 unspecified atom stereocenters. The van der Waals surface area contributed by atoms with E-state index in [1.165, 1.54) is 12.1 Å². The number of halogens is 1. The summed E-state index contributed by atoms with van der Waals surface area (Å²) < 4.78 is 0. The molecular weight excluding hydrogens is 344 g/mol. The van der Waals surface area contributed by atoms with Crippen LogP contribution in [0.1, 0.15) is 10.4 Å². The van der Waals surface area contributed by atoms with Crippen LogP contribution in [0.25, 0.3) is 0 Å². The lowest BCUT2D eigenvalue weighted by Gasteiger charge is -2.16. The van der Waals surface area contributed by atoms with E-state index in [0.29, 0.717) is 18.0 Å². The monoisotopic (exact) mass is 362 g/mol. The smallest absolute Gasteiger partial charge is 0.283 e. The molecule has 0 bridgehead atoms. The quantitative estimate of drug-likeness (QED) is 0.402. The summed E-state index contributed by atoms with van der Waals surface area (Å²) in [6, 6.07) is 3.97. The molecule has 23 heavy (non-hydrogen) atoms. The van der Waals surface area contributed by atoms with Crippen LogP contribution in [0.5, 0.6) is 0 Å². The van der Waals surface area contributed by atoms with Crippen LogP contribution in [0.3, 0.4) is 0 Å². The van der Waals surface area contributed by atoms with Gasteiger partial charge in [-0.25, -0.2) is 0 Å². The normalized spacial score (nSPS) is 9.83. The summed E-state index contributed by atoms with van der Waals surface area (Å²) in [5.74, 6) is -0.784. The van der Waals surface area contributed by atoms with E-state index in [-0.39, 0.29) is 35.3 Å². The molecule has 8 nitrogen and oxygen atoms in total. The fourth-order valence-corrected chi connectivity index (χ4v) is 2.53. The molecule has 10 heteroatoms. The number of amides is 2. The number of hydrogen-bond donors (Lipinski definition) is 2. The summed E-state index contributed by atoms with van der Waals surface area (Å²) in [4.78, 5) is 35.3. The van der Waals surface area contributed by atoms with Gasteiger partial charge in [-0.3, -0.25) is 19.7 Å². The van der Waals surface area contributed by atoms with Gasteiger partial charge in [0.25, 0.3) is 5.69 Å². The molecule has 1 aromatic carbocycles. The highest BCUT2D eigenvalue weighted by atomic mass is 35.5. The maximum atomic E-state index is 11.9. The van der Waals surface area contributed by atoms with Crippen molar-refractivity contribution in [3.05, 3.63) is 33.9 Å². The Morgan fingerprint density at radius 3 is 2.61 bits per heavy atom. The van der Waals surface area contributed by atoms with Crippen LogP contribution in [-0.2, 0) is 4.79 Å². The van der Waals surface area contributed by atoms with E-state index in [0.717, 1.165) is 17.8 Å². The number of nitro benzene ring substituents is 1. The third-order valence-corrected chi connectivity index (χ3v) is 3.96. The molecule has 0 atom stereocenters. The minimum absolute atomic E-state index is 0. The first-order valence-electron chi connectivity index (χ1n) is 6.46. The highest BCUT2D eigenvalue weighted by Crippen LogP contribution is 2.30. The summed E-state index contributed by atoms with van der Waals surface area (Å²) in [5, 5.41) is 14.0. The van der Waals surface area contributed by atoms with Crippen molar-refractivity contribution in [2.45, 2.75) is 4.90 Å². The number of carbonyl (C=O) groups excluding carboxylic acids is 2. The van der Waals surface area contributed by atoms with Crippen LogP contribution in [0.4, 0.5) is 5.69 Å². The van der Waals surface area contributed by atoms with E-state index < -0.39 is 10.8 Å². The second-order valence-electron chi connectivity index (χ2n) is 4.51. The van der Waals surface area contributed by atoms with Gasteiger partial charge < -0.3 is 16.0 Å². The molecule has 2 amide bonds. The van der Waals surface area contributed by atoms with E-state index in [1.54, 1.807) is 19.0 Å². The SMILES string of the molecule is CNCCN(C)C(=O)CSc1ccc(C(N)=O)cc1[N+](=O)[O-].Cl. The van der Waals surface area contributed by atoms with Crippen LogP contribution in [0.2, 0.25) is 0 Å². The van der Waals surface area contributed by atoms with E-state index in [9.17, 15) is 19.7 Å². The molecule has 0 heterocycles. The molecule has 0 saturated heterocycles. The van der Waals surface area contributed by atoms with Crippen LogP contribution in [-0.4, -0.2) is 54.6 Å². The summed E-state index contributed by atoms with van der Waals surface area (Å²) >= 11 is 1.06. The van der Waals surface area contributed by atoms with Gasteiger partial charge >= 0.3 is 0 Å². The fourth-order valence-electron chi connectivity index (χ4n) is 1.59. The molecule has 0 saturated carbocycles. The highest BCUT2D eigenvalue weighted by molar-refractivity contribution is 8.00. The van der Waals surface area contributed by atoms with E-state index >= 15 is 0 Å². The first kappa shape index (κ1) is 21.2. The van der Waals surface area contributed by atoms with Crippen molar-refractivity contribution >= 4 is 41.7 Å². The molecule has 0 aliphatic rings. The predicted molar refractivity (Wildman–Crippen MR) is 91.2 cm³/mol. The zero-order valence-electron chi connectivity index (χ0n) is 12.8. The number of carbonyl (C=O) groups is 2. The van der Waals surface area contributed by atoms with Crippen LogP contribution >= 0.6 is 24.2 Å². The van der Waals surface area contributed by atoms with Crippen molar-refractivity contribution < 1.29 is 14.5 Å². The zero-order valence-corrected chi connectivity index (χ0v) is 14.4. The summed E-state index contributed by atoms with van der Waals surface area (Å²) in [7, 11) is 3.46. The largest absolute Gasteiger partial charge is 0.366 e. The molecule has 3 N–H and O–H groups in total. The van der Waals surface area contributed by atoms with Gasteiger partial charge in [0.05, 0.1) is 15.6 Å². The van der Waals surface area contributed by atoms with Crippen molar-refractivity contribution in [1.82, 2.24) is 10.2 Å². The van der Waals surface area contributed by atoms with Gasteiger partial charge in [-0.1, -0.05) is 0 Å². The Labute approximate surface area is 144 Å². The van der Waals surface area contributed by atoms with Gasteiger partial charge in [-0.05, 0) is 19.2 Å². The minimum Gasteiger partial charge on any atom is -0.366 e. The van der Waals surface area contributed by atoms with Gasteiger partial charge in [-0.2, -0.15) is 0 Å². The average Bonchev–Trinajstić information content (AvgIpc) is 2.49. The van der Waals surface area contributed by atoms with E-state index in [2.05, 4.69) is 5.32 Å². The Morgan fingerprint density at radius 2 is 2.09 bits per heavy atom. The number of nitrogens with two attached hydrogens (primary N) is 1. The third-order valence-electron chi connectivity index (χ3n) is 2.91. The Morgan fingerprint density at radius 1 is 1.43 bits per heavy atom. The van der Waals surface area contributed by atoms with Crippen LogP contribution in [0, 0.1) is 10.1 Å². The summed E-state index contributed by atoms with van der Waals surface area (Å²) in [6.45, 7) is 1.22. The minimum atomic E-state index is -0.734. The van der Waals surface area contributed by atoms with E-state index in [4.69, 9.17) is 5.73 Å². The first-order valence-corrected chi connectivity index (χ1v) is 7.45. The molecule has 0 radical (unpaired) electrons. The predicted octanol–water partition coefficient (Wildman–Crippen LogP) is 0.885. The molecule has 0 fully saturated rings. The maximum absolute atomic E-state index is 11.9. The lowest BCUT2D eigenvalue weighted by atomic mass is 10.2. The van der Waals surface area contributed by atoms with Crippen molar-refractivity contribution in [2.75, 3.05) is 32.9 Å². The maximum Gasteiger partial charge on any atom is 0.283 e. The topological polar surface area (TPSA) is 119 Å². The molecule has 1 rings (SSSR count). The summed E-state index contributed by atoms with van der Waals surface area (Å²) in [6.07, 6.45) is 0. The number of nitro groups is 1. The first-order chi connectivity index (χ1) is 10.4. The molecule has 128 valence electrons. The Balaban J connectivity index is 0.00000484. The number of benzene rings is 1. The second-order valence-corrected chi connectivity index (χ2v) is 5.53. The van der Waals surface area contributed by atoms with Gasteiger partial charge in [-0.15, -0.1) is 24.2 Å². The van der Waals surface area contributed by atoms with Crippen molar-refractivity contribution in [1.29, 1.82) is 0 Å². The van der Waals surface area contributed by atoms with Crippen molar-refractivity contribution in [3.63, 3.8) is 0 Å². The van der Waals surface area contributed by atoms with Crippen molar-refractivity contribution in [3.8, 4) is 0 Å². The average molecular weight is 363 g/mol. The Bertz CT molecular complexity index is 585. The van der Waals surface area contributed by atoms with Gasteiger partial charge in [0.1, 0.15) is 0 Å². The number of rotatable bonds is 8. The number of hydrogen-bond acceptors (Lipinski definition) is 6. The molecular formula is C13H19ClN4O4S.